The van der Waals surface area contributed by atoms with E-state index in [-0.39, 0.29) is 16.3 Å². The first kappa shape index (κ1) is 19.4. The van der Waals surface area contributed by atoms with Gasteiger partial charge in [-0.15, -0.1) is 0 Å². The summed E-state index contributed by atoms with van der Waals surface area (Å²) in [5.41, 5.74) is 0.207. The summed E-state index contributed by atoms with van der Waals surface area (Å²) in [5, 5.41) is 10.8. The van der Waals surface area contributed by atoms with Gasteiger partial charge in [0.15, 0.2) is 0 Å². The van der Waals surface area contributed by atoms with Gasteiger partial charge in [-0.05, 0) is 36.8 Å². The molecule has 0 unspecified atom stereocenters. The number of non-ortho nitro benzene ring substituents is 1. The van der Waals surface area contributed by atoms with Crippen molar-refractivity contribution >= 4 is 27.4 Å². The van der Waals surface area contributed by atoms with E-state index in [2.05, 4.69) is 4.72 Å². The number of carbonyl (C=O) groups is 1. The molecule has 2 aromatic rings. The first-order chi connectivity index (χ1) is 12.3. The Morgan fingerprint density at radius 2 is 1.88 bits per heavy atom. The smallest absolute Gasteiger partial charge is 0.338 e. The third-order valence-corrected chi connectivity index (χ3v) is 4.82. The highest BCUT2D eigenvalue weighted by molar-refractivity contribution is 7.92. The number of unbranched alkanes of at least 4 members (excludes halogenated alkanes) is 1. The molecule has 2 aromatic carbocycles. The summed E-state index contributed by atoms with van der Waals surface area (Å²) in [6, 6.07) is 10.5. The summed E-state index contributed by atoms with van der Waals surface area (Å²) >= 11 is 0. The molecule has 0 aliphatic rings. The molecular formula is C17H18N2O6S. The minimum Gasteiger partial charge on any atom is -0.462 e. The Kier molecular flexibility index (Phi) is 6.29. The number of esters is 1. The molecule has 0 saturated carbocycles. The highest BCUT2D eigenvalue weighted by atomic mass is 32.2. The molecule has 0 aliphatic heterocycles. The minimum atomic E-state index is -3.99. The van der Waals surface area contributed by atoms with Crippen LogP contribution in [0.4, 0.5) is 11.4 Å². The van der Waals surface area contributed by atoms with Gasteiger partial charge >= 0.3 is 5.97 Å². The summed E-state index contributed by atoms with van der Waals surface area (Å²) in [4.78, 5) is 21.7. The fourth-order valence-electron chi connectivity index (χ4n) is 2.05. The van der Waals surface area contributed by atoms with Gasteiger partial charge in [0.05, 0.1) is 22.0 Å². The number of sulfonamides is 1. The molecule has 0 aliphatic carbocycles. The number of hydrogen-bond acceptors (Lipinski definition) is 6. The van der Waals surface area contributed by atoms with Crippen molar-refractivity contribution in [2.75, 3.05) is 11.3 Å². The molecule has 138 valence electrons. The Morgan fingerprint density at radius 3 is 2.50 bits per heavy atom. The predicted molar refractivity (Wildman–Crippen MR) is 95.5 cm³/mol. The number of nitro groups is 1. The fraction of sp³-hybridized carbons (Fsp3) is 0.235. The third-order valence-electron chi connectivity index (χ3n) is 3.44. The summed E-state index contributed by atoms with van der Waals surface area (Å²) in [6.07, 6.45) is 1.68. The van der Waals surface area contributed by atoms with Crippen LogP contribution in [-0.4, -0.2) is 25.9 Å². The Morgan fingerprint density at radius 1 is 1.19 bits per heavy atom. The van der Waals surface area contributed by atoms with Crippen molar-refractivity contribution in [2.24, 2.45) is 0 Å². The molecule has 2 rings (SSSR count). The maximum absolute atomic E-state index is 12.3. The molecule has 0 atom stereocenters. The monoisotopic (exact) mass is 378 g/mol. The van der Waals surface area contributed by atoms with Crippen molar-refractivity contribution in [1.29, 1.82) is 0 Å². The van der Waals surface area contributed by atoms with Crippen LogP contribution in [0.1, 0.15) is 30.1 Å². The topological polar surface area (TPSA) is 116 Å². The Hall–Kier alpha value is -2.94. The van der Waals surface area contributed by atoms with Gasteiger partial charge in [-0.3, -0.25) is 14.8 Å². The molecular weight excluding hydrogens is 360 g/mol. The van der Waals surface area contributed by atoms with Crippen LogP contribution in [0.25, 0.3) is 0 Å². The minimum absolute atomic E-state index is 0.224. The highest BCUT2D eigenvalue weighted by Gasteiger charge is 2.18. The zero-order valence-corrected chi connectivity index (χ0v) is 14.9. The SMILES string of the molecule is CCCCOC(=O)c1ccc(NS(=O)(=O)c2cccc([N+](=O)[O-])c2)cc1. The molecule has 9 heteroatoms. The average molecular weight is 378 g/mol. The average Bonchev–Trinajstić information content (AvgIpc) is 2.62. The summed E-state index contributed by atoms with van der Waals surface area (Å²) in [6.45, 7) is 2.31. The molecule has 0 radical (unpaired) electrons. The molecule has 0 spiro atoms. The van der Waals surface area contributed by atoms with E-state index in [1.165, 1.54) is 42.5 Å². The van der Waals surface area contributed by atoms with Crippen LogP contribution in [0.15, 0.2) is 53.4 Å². The van der Waals surface area contributed by atoms with Gasteiger partial charge in [0.2, 0.25) is 0 Å². The first-order valence-electron chi connectivity index (χ1n) is 7.88. The van der Waals surface area contributed by atoms with Crippen LogP contribution in [0, 0.1) is 10.1 Å². The lowest BCUT2D eigenvalue weighted by molar-refractivity contribution is -0.385. The van der Waals surface area contributed by atoms with E-state index in [0.29, 0.717) is 12.2 Å². The van der Waals surface area contributed by atoms with Crippen molar-refractivity contribution in [2.45, 2.75) is 24.7 Å². The number of nitro benzene ring substituents is 1. The summed E-state index contributed by atoms with van der Waals surface area (Å²) < 4.78 is 32.1. The molecule has 0 bridgehead atoms. The number of hydrogen-bond donors (Lipinski definition) is 1. The van der Waals surface area contributed by atoms with E-state index < -0.39 is 20.9 Å². The Labute approximate surface area is 151 Å². The fourth-order valence-corrected chi connectivity index (χ4v) is 3.14. The van der Waals surface area contributed by atoms with Crippen LogP contribution >= 0.6 is 0 Å². The number of carbonyl (C=O) groups excluding carboxylic acids is 1. The summed E-state index contributed by atoms with van der Waals surface area (Å²) in [5.74, 6) is -0.480. The van der Waals surface area contributed by atoms with Gasteiger partial charge in [0.25, 0.3) is 15.7 Å². The maximum Gasteiger partial charge on any atom is 0.338 e. The second-order valence-corrected chi connectivity index (χ2v) is 7.11. The summed E-state index contributed by atoms with van der Waals surface area (Å²) in [7, 11) is -3.99. The molecule has 0 saturated heterocycles. The maximum atomic E-state index is 12.3. The normalized spacial score (nSPS) is 11.0. The number of nitrogens with one attached hydrogen (secondary N) is 1. The number of rotatable bonds is 8. The number of ether oxygens (including phenoxy) is 1. The van der Waals surface area contributed by atoms with Crippen molar-refractivity contribution < 1.29 is 22.9 Å². The van der Waals surface area contributed by atoms with Gasteiger partial charge in [-0.1, -0.05) is 19.4 Å². The molecule has 0 aromatic heterocycles. The van der Waals surface area contributed by atoms with E-state index in [9.17, 15) is 23.3 Å². The van der Waals surface area contributed by atoms with E-state index in [4.69, 9.17) is 4.74 Å². The van der Waals surface area contributed by atoms with E-state index >= 15 is 0 Å². The quantitative estimate of drug-likeness (QED) is 0.326. The first-order valence-corrected chi connectivity index (χ1v) is 9.36. The lowest BCUT2D eigenvalue weighted by atomic mass is 10.2. The van der Waals surface area contributed by atoms with Gasteiger partial charge in [0.1, 0.15) is 0 Å². The van der Waals surface area contributed by atoms with E-state index in [1.54, 1.807) is 0 Å². The van der Waals surface area contributed by atoms with Gasteiger partial charge in [-0.25, -0.2) is 13.2 Å². The number of nitrogens with zero attached hydrogens (tertiary/aromatic N) is 1. The number of anilines is 1. The van der Waals surface area contributed by atoms with Crippen molar-refractivity contribution in [3.8, 4) is 0 Å². The molecule has 0 amide bonds. The second kappa shape index (κ2) is 8.43. The highest BCUT2D eigenvalue weighted by Crippen LogP contribution is 2.21. The zero-order chi connectivity index (χ0) is 19.2. The molecule has 8 nitrogen and oxygen atoms in total. The van der Waals surface area contributed by atoms with Crippen LogP contribution in [0.3, 0.4) is 0 Å². The second-order valence-electron chi connectivity index (χ2n) is 5.43. The van der Waals surface area contributed by atoms with Gasteiger partial charge in [0, 0.05) is 17.8 Å². The third kappa shape index (κ3) is 5.03. The van der Waals surface area contributed by atoms with Gasteiger partial charge < -0.3 is 4.74 Å². The Bertz CT molecular complexity index is 894. The molecule has 26 heavy (non-hydrogen) atoms. The standard InChI is InChI=1S/C17H18N2O6S/c1-2-3-11-25-17(20)13-7-9-14(10-8-13)18-26(23,24)16-6-4-5-15(12-16)19(21)22/h4-10,12,18H,2-3,11H2,1H3. The van der Waals surface area contributed by atoms with Crippen molar-refractivity contribution in [1.82, 2.24) is 0 Å². The molecule has 0 heterocycles. The van der Waals surface area contributed by atoms with Crippen LogP contribution in [-0.2, 0) is 14.8 Å². The largest absolute Gasteiger partial charge is 0.462 e. The molecule has 0 fully saturated rings. The van der Waals surface area contributed by atoms with Crippen LogP contribution < -0.4 is 4.72 Å². The predicted octanol–water partition coefficient (Wildman–Crippen LogP) is 3.35. The van der Waals surface area contributed by atoms with Crippen molar-refractivity contribution in [3.05, 3.63) is 64.2 Å². The van der Waals surface area contributed by atoms with Gasteiger partial charge in [-0.2, -0.15) is 0 Å². The number of benzene rings is 2. The zero-order valence-electron chi connectivity index (χ0n) is 14.0. The van der Waals surface area contributed by atoms with E-state index in [0.717, 1.165) is 18.9 Å². The van der Waals surface area contributed by atoms with Crippen LogP contribution in [0.2, 0.25) is 0 Å². The van der Waals surface area contributed by atoms with Crippen molar-refractivity contribution in [3.63, 3.8) is 0 Å². The lowest BCUT2D eigenvalue weighted by Crippen LogP contribution is -2.13. The van der Waals surface area contributed by atoms with E-state index in [1.807, 2.05) is 6.92 Å². The molecule has 1 N–H and O–H groups in total. The Balaban J connectivity index is 2.11. The lowest BCUT2D eigenvalue weighted by Gasteiger charge is -2.09. The van der Waals surface area contributed by atoms with Crippen LogP contribution in [0.5, 0.6) is 0 Å².